The first-order valence-electron chi connectivity index (χ1n) is 8.93. The molecule has 0 unspecified atom stereocenters. The van der Waals surface area contributed by atoms with Crippen molar-refractivity contribution in [2.45, 2.75) is 26.3 Å². The van der Waals surface area contributed by atoms with E-state index < -0.39 is 0 Å². The zero-order valence-corrected chi connectivity index (χ0v) is 15.0. The molecule has 0 spiro atoms. The van der Waals surface area contributed by atoms with Crippen molar-refractivity contribution in [3.05, 3.63) is 48.0 Å². The lowest BCUT2D eigenvalue weighted by Gasteiger charge is -2.11. The van der Waals surface area contributed by atoms with E-state index in [1.165, 1.54) is 0 Å². The van der Waals surface area contributed by atoms with Gasteiger partial charge in [-0.25, -0.2) is 4.99 Å². The molecule has 6 nitrogen and oxygen atoms in total. The van der Waals surface area contributed by atoms with E-state index in [2.05, 4.69) is 17.2 Å². The maximum atomic E-state index is 6.01. The summed E-state index contributed by atoms with van der Waals surface area (Å²) < 4.78 is 17.0. The summed E-state index contributed by atoms with van der Waals surface area (Å²) in [4.78, 5) is 4.40. The molecule has 2 aromatic carbocycles. The Morgan fingerprint density at radius 2 is 2.00 bits per heavy atom. The number of fused-ring (bicyclic) bond motifs is 1. The van der Waals surface area contributed by atoms with Crippen molar-refractivity contribution in [2.24, 2.45) is 10.7 Å². The maximum absolute atomic E-state index is 6.01. The quantitative estimate of drug-likeness (QED) is 0.612. The summed E-state index contributed by atoms with van der Waals surface area (Å²) in [6, 6.07) is 13.6. The molecule has 6 heteroatoms. The van der Waals surface area contributed by atoms with E-state index in [0.717, 1.165) is 41.3 Å². The SMILES string of the molecule is CCCOc1cccc(CN=C(N)Nc2ccc3c(c2)OCCCO3)c1. The highest BCUT2D eigenvalue weighted by Crippen LogP contribution is 2.32. The second kappa shape index (κ2) is 8.99. The topological polar surface area (TPSA) is 78.1 Å². The predicted octanol–water partition coefficient (Wildman–Crippen LogP) is 3.56. The number of aliphatic imine (C=N–C) groups is 1. The predicted molar refractivity (Wildman–Crippen MR) is 103 cm³/mol. The minimum Gasteiger partial charge on any atom is -0.494 e. The first-order valence-corrected chi connectivity index (χ1v) is 8.93. The van der Waals surface area contributed by atoms with E-state index in [1.807, 2.05) is 42.5 Å². The van der Waals surface area contributed by atoms with Gasteiger partial charge in [-0.3, -0.25) is 0 Å². The van der Waals surface area contributed by atoms with Crippen LogP contribution in [0.1, 0.15) is 25.3 Å². The lowest BCUT2D eigenvalue weighted by Crippen LogP contribution is -2.22. The van der Waals surface area contributed by atoms with Crippen molar-refractivity contribution >= 4 is 11.6 Å². The number of benzene rings is 2. The molecule has 3 N–H and O–H groups in total. The fourth-order valence-electron chi connectivity index (χ4n) is 2.56. The van der Waals surface area contributed by atoms with Crippen LogP contribution in [0.3, 0.4) is 0 Å². The Balaban J connectivity index is 1.61. The van der Waals surface area contributed by atoms with E-state index in [1.54, 1.807) is 0 Å². The van der Waals surface area contributed by atoms with Gasteiger partial charge in [0.1, 0.15) is 5.75 Å². The molecular weight excluding hydrogens is 330 g/mol. The van der Waals surface area contributed by atoms with E-state index >= 15 is 0 Å². The van der Waals surface area contributed by atoms with E-state index in [-0.39, 0.29) is 0 Å². The van der Waals surface area contributed by atoms with Gasteiger partial charge in [0.15, 0.2) is 17.5 Å². The summed E-state index contributed by atoms with van der Waals surface area (Å²) in [5, 5.41) is 3.09. The molecular formula is C20H25N3O3. The van der Waals surface area contributed by atoms with Gasteiger partial charge in [0.05, 0.1) is 26.4 Å². The highest BCUT2D eigenvalue weighted by molar-refractivity contribution is 5.92. The van der Waals surface area contributed by atoms with Crippen LogP contribution in [-0.2, 0) is 6.54 Å². The average molecular weight is 355 g/mol. The third-order valence-electron chi connectivity index (χ3n) is 3.82. The number of guanidine groups is 1. The molecule has 26 heavy (non-hydrogen) atoms. The molecule has 0 atom stereocenters. The van der Waals surface area contributed by atoms with Gasteiger partial charge < -0.3 is 25.3 Å². The molecule has 0 aromatic heterocycles. The first kappa shape index (κ1) is 17.9. The molecule has 0 bridgehead atoms. The number of hydrogen-bond acceptors (Lipinski definition) is 4. The minimum absolute atomic E-state index is 0.347. The van der Waals surface area contributed by atoms with Gasteiger partial charge in [0.25, 0.3) is 0 Å². The molecule has 1 aliphatic rings. The summed E-state index contributed by atoms with van der Waals surface area (Å²) in [7, 11) is 0. The Kier molecular flexibility index (Phi) is 6.19. The van der Waals surface area contributed by atoms with Gasteiger partial charge >= 0.3 is 0 Å². The highest BCUT2D eigenvalue weighted by Gasteiger charge is 2.10. The molecule has 1 heterocycles. The number of rotatable bonds is 6. The third-order valence-corrected chi connectivity index (χ3v) is 3.82. The Hall–Kier alpha value is -2.89. The summed E-state index contributed by atoms with van der Waals surface area (Å²) in [5.41, 5.74) is 7.87. The van der Waals surface area contributed by atoms with Crippen LogP contribution in [0.4, 0.5) is 5.69 Å². The minimum atomic E-state index is 0.347. The van der Waals surface area contributed by atoms with Crippen LogP contribution in [0.5, 0.6) is 17.2 Å². The van der Waals surface area contributed by atoms with Crippen LogP contribution in [0, 0.1) is 0 Å². The highest BCUT2D eigenvalue weighted by atomic mass is 16.5. The van der Waals surface area contributed by atoms with Gasteiger partial charge in [-0.15, -0.1) is 0 Å². The van der Waals surface area contributed by atoms with Gasteiger partial charge in [-0.1, -0.05) is 19.1 Å². The van der Waals surface area contributed by atoms with Gasteiger partial charge in [-0.05, 0) is 36.2 Å². The third kappa shape index (κ3) is 5.05. The molecule has 0 fully saturated rings. The Bertz CT molecular complexity index is 762. The van der Waals surface area contributed by atoms with E-state index in [9.17, 15) is 0 Å². The monoisotopic (exact) mass is 355 g/mol. The van der Waals surface area contributed by atoms with Crippen molar-refractivity contribution in [3.8, 4) is 17.2 Å². The van der Waals surface area contributed by atoms with Gasteiger partial charge in [0.2, 0.25) is 0 Å². The number of hydrogen-bond donors (Lipinski definition) is 2. The van der Waals surface area contributed by atoms with Crippen LogP contribution in [0.15, 0.2) is 47.5 Å². The molecule has 0 saturated carbocycles. The first-order chi connectivity index (χ1) is 12.7. The number of anilines is 1. The van der Waals surface area contributed by atoms with Crippen molar-refractivity contribution in [2.75, 3.05) is 25.1 Å². The zero-order valence-electron chi connectivity index (χ0n) is 15.0. The Labute approximate surface area is 154 Å². The fraction of sp³-hybridized carbons (Fsp3) is 0.350. The largest absolute Gasteiger partial charge is 0.494 e. The number of ether oxygens (including phenoxy) is 3. The fourth-order valence-corrected chi connectivity index (χ4v) is 2.56. The summed E-state index contributed by atoms with van der Waals surface area (Å²) in [6.07, 6.45) is 1.86. The van der Waals surface area contributed by atoms with E-state index in [0.29, 0.717) is 32.3 Å². The number of nitrogens with two attached hydrogens (primary N) is 1. The second-order valence-corrected chi connectivity index (χ2v) is 6.03. The lowest BCUT2D eigenvalue weighted by atomic mass is 10.2. The zero-order chi connectivity index (χ0) is 18.2. The van der Waals surface area contributed by atoms with Crippen molar-refractivity contribution in [3.63, 3.8) is 0 Å². The van der Waals surface area contributed by atoms with Gasteiger partial charge in [-0.2, -0.15) is 0 Å². The lowest BCUT2D eigenvalue weighted by molar-refractivity contribution is 0.297. The van der Waals surface area contributed by atoms with Crippen molar-refractivity contribution in [1.82, 2.24) is 0 Å². The Morgan fingerprint density at radius 3 is 2.85 bits per heavy atom. The molecule has 1 aliphatic heterocycles. The summed E-state index contributed by atoms with van der Waals surface area (Å²) >= 11 is 0. The summed E-state index contributed by atoms with van der Waals surface area (Å²) in [5.74, 6) is 2.68. The number of nitrogens with one attached hydrogen (secondary N) is 1. The summed E-state index contributed by atoms with van der Waals surface area (Å²) in [6.45, 7) is 4.59. The molecule has 138 valence electrons. The molecule has 0 aliphatic carbocycles. The Morgan fingerprint density at radius 1 is 1.15 bits per heavy atom. The van der Waals surface area contributed by atoms with Crippen LogP contribution in [-0.4, -0.2) is 25.8 Å². The smallest absolute Gasteiger partial charge is 0.193 e. The molecule has 0 saturated heterocycles. The van der Waals surface area contributed by atoms with Crippen LogP contribution in [0.2, 0.25) is 0 Å². The van der Waals surface area contributed by atoms with Gasteiger partial charge in [0, 0.05) is 18.2 Å². The molecule has 3 rings (SSSR count). The van der Waals surface area contributed by atoms with Crippen LogP contribution >= 0.6 is 0 Å². The second-order valence-electron chi connectivity index (χ2n) is 6.03. The van der Waals surface area contributed by atoms with Crippen molar-refractivity contribution in [1.29, 1.82) is 0 Å². The standard InChI is InChI=1S/C20H25N3O3/c1-2-9-24-17-6-3-5-15(12-17)14-22-20(21)23-16-7-8-18-19(13-16)26-11-4-10-25-18/h3,5-8,12-13H,2,4,9-11,14H2,1H3,(H3,21,22,23). The van der Waals surface area contributed by atoms with Crippen LogP contribution in [0.25, 0.3) is 0 Å². The van der Waals surface area contributed by atoms with Crippen molar-refractivity contribution < 1.29 is 14.2 Å². The van der Waals surface area contributed by atoms with Crippen LogP contribution < -0.4 is 25.3 Å². The number of nitrogens with zero attached hydrogens (tertiary/aromatic N) is 1. The average Bonchev–Trinajstić information content (AvgIpc) is 2.90. The molecule has 2 aromatic rings. The van der Waals surface area contributed by atoms with E-state index in [4.69, 9.17) is 19.9 Å². The molecule has 0 amide bonds. The maximum Gasteiger partial charge on any atom is 0.193 e. The molecule has 0 radical (unpaired) electrons. The normalized spacial score (nSPS) is 13.8.